The lowest BCUT2D eigenvalue weighted by molar-refractivity contribution is 0.0601. The van der Waals surface area contributed by atoms with Crippen LogP contribution in [0.2, 0.25) is 0 Å². The average molecular weight is 327 g/mol. The van der Waals surface area contributed by atoms with Gasteiger partial charge in [0.25, 0.3) is 0 Å². The summed E-state index contributed by atoms with van der Waals surface area (Å²) in [6.07, 6.45) is 0.835. The molecule has 4 heteroatoms. The van der Waals surface area contributed by atoms with Crippen LogP contribution in [-0.4, -0.2) is 26.2 Å². The maximum Gasteiger partial charge on any atom is 0.339 e. The van der Waals surface area contributed by atoms with E-state index in [-0.39, 0.29) is 5.97 Å². The predicted molar refractivity (Wildman–Crippen MR) is 97.0 cm³/mol. The number of nitrogens with one attached hydrogen (secondary N) is 1. The highest BCUT2D eigenvalue weighted by Gasteiger charge is 2.11. The smallest absolute Gasteiger partial charge is 0.339 e. The molecule has 1 N–H and O–H groups in total. The zero-order valence-corrected chi connectivity index (χ0v) is 14.8. The van der Waals surface area contributed by atoms with Crippen LogP contribution < -0.4 is 10.1 Å². The van der Waals surface area contributed by atoms with Crippen LogP contribution in [0.5, 0.6) is 5.75 Å². The summed E-state index contributed by atoms with van der Waals surface area (Å²) in [5.41, 5.74) is 4.79. The number of ether oxygens (including phenoxy) is 2. The Labute approximate surface area is 143 Å². The minimum atomic E-state index is -0.326. The van der Waals surface area contributed by atoms with Gasteiger partial charge in [-0.3, -0.25) is 0 Å². The van der Waals surface area contributed by atoms with Gasteiger partial charge in [0.2, 0.25) is 0 Å². The summed E-state index contributed by atoms with van der Waals surface area (Å²) in [7, 11) is 1.40. The third-order valence-corrected chi connectivity index (χ3v) is 4.03. The standard InChI is InChI=1S/C20H25NO3/c1-14-9-10-18(17(13-14)20(22)23-4)21-11-6-12-24-19-8-5-7-15(2)16(19)3/h5,7-10,13,21H,6,11-12H2,1-4H3. The Morgan fingerprint density at radius 2 is 1.92 bits per heavy atom. The summed E-state index contributed by atoms with van der Waals surface area (Å²) in [5, 5.41) is 3.29. The number of methoxy groups -OCH3 is 1. The first-order valence-electron chi connectivity index (χ1n) is 8.14. The Kier molecular flexibility index (Phi) is 6.24. The first-order chi connectivity index (χ1) is 11.5. The molecule has 0 unspecified atom stereocenters. The molecular weight excluding hydrogens is 302 g/mol. The van der Waals surface area contributed by atoms with Crippen molar-refractivity contribution in [2.24, 2.45) is 0 Å². The number of carbonyl (C=O) groups is 1. The second kappa shape index (κ2) is 8.39. The molecule has 2 aromatic rings. The van der Waals surface area contributed by atoms with Crippen molar-refractivity contribution in [3.63, 3.8) is 0 Å². The molecule has 0 radical (unpaired) electrons. The minimum Gasteiger partial charge on any atom is -0.493 e. The molecule has 128 valence electrons. The SMILES string of the molecule is COC(=O)c1cc(C)ccc1NCCCOc1cccc(C)c1C. The van der Waals surface area contributed by atoms with Crippen molar-refractivity contribution in [2.75, 3.05) is 25.6 Å². The Bertz CT molecular complexity index is 710. The number of carbonyl (C=O) groups excluding carboxylic acids is 1. The maximum atomic E-state index is 11.8. The van der Waals surface area contributed by atoms with Crippen molar-refractivity contribution in [1.82, 2.24) is 0 Å². The lowest BCUT2D eigenvalue weighted by Crippen LogP contribution is -2.12. The molecule has 0 saturated carbocycles. The van der Waals surface area contributed by atoms with Crippen molar-refractivity contribution < 1.29 is 14.3 Å². The van der Waals surface area contributed by atoms with Crippen LogP contribution in [0, 0.1) is 20.8 Å². The molecule has 0 heterocycles. The van der Waals surface area contributed by atoms with E-state index in [0.29, 0.717) is 12.2 Å². The highest BCUT2D eigenvalue weighted by atomic mass is 16.5. The molecule has 0 aromatic heterocycles. The molecule has 0 fully saturated rings. The van der Waals surface area contributed by atoms with Crippen LogP contribution in [0.25, 0.3) is 0 Å². The molecule has 0 atom stereocenters. The third-order valence-electron chi connectivity index (χ3n) is 4.03. The van der Waals surface area contributed by atoms with Gasteiger partial charge in [-0.05, 0) is 56.5 Å². The zero-order valence-electron chi connectivity index (χ0n) is 14.8. The second-order valence-electron chi connectivity index (χ2n) is 5.87. The average Bonchev–Trinajstić information content (AvgIpc) is 2.58. The van der Waals surface area contributed by atoms with E-state index in [1.54, 1.807) is 0 Å². The number of aryl methyl sites for hydroxylation is 2. The van der Waals surface area contributed by atoms with E-state index in [2.05, 4.69) is 25.2 Å². The van der Waals surface area contributed by atoms with E-state index in [1.165, 1.54) is 18.2 Å². The van der Waals surface area contributed by atoms with Gasteiger partial charge >= 0.3 is 5.97 Å². The lowest BCUT2D eigenvalue weighted by atomic mass is 10.1. The molecule has 0 aliphatic carbocycles. The van der Waals surface area contributed by atoms with Gasteiger partial charge in [-0.1, -0.05) is 23.8 Å². The molecule has 2 aromatic carbocycles. The summed E-state index contributed by atoms with van der Waals surface area (Å²) in [6, 6.07) is 11.8. The number of benzene rings is 2. The van der Waals surface area contributed by atoms with Gasteiger partial charge < -0.3 is 14.8 Å². The number of anilines is 1. The van der Waals surface area contributed by atoms with Gasteiger partial charge in [-0.25, -0.2) is 4.79 Å². The minimum absolute atomic E-state index is 0.326. The zero-order chi connectivity index (χ0) is 17.5. The second-order valence-corrected chi connectivity index (χ2v) is 5.87. The molecule has 0 aliphatic heterocycles. The van der Waals surface area contributed by atoms with Crippen molar-refractivity contribution >= 4 is 11.7 Å². The largest absolute Gasteiger partial charge is 0.493 e. The highest BCUT2D eigenvalue weighted by Crippen LogP contribution is 2.21. The number of rotatable bonds is 7. The van der Waals surface area contributed by atoms with E-state index in [0.717, 1.165) is 30.0 Å². The Morgan fingerprint density at radius 1 is 1.12 bits per heavy atom. The first kappa shape index (κ1) is 17.9. The van der Waals surface area contributed by atoms with Crippen LogP contribution in [0.1, 0.15) is 33.5 Å². The quantitative estimate of drug-likeness (QED) is 0.609. The summed E-state index contributed by atoms with van der Waals surface area (Å²) in [6.45, 7) is 7.44. The van der Waals surface area contributed by atoms with Crippen LogP contribution in [0.3, 0.4) is 0 Å². The van der Waals surface area contributed by atoms with Crippen molar-refractivity contribution in [3.8, 4) is 5.75 Å². The monoisotopic (exact) mass is 327 g/mol. The lowest BCUT2D eigenvalue weighted by Gasteiger charge is -2.13. The normalized spacial score (nSPS) is 10.3. The van der Waals surface area contributed by atoms with Crippen LogP contribution in [0.4, 0.5) is 5.69 Å². The fourth-order valence-electron chi connectivity index (χ4n) is 2.45. The number of esters is 1. The van der Waals surface area contributed by atoms with Gasteiger partial charge in [0.05, 0.1) is 19.3 Å². The van der Waals surface area contributed by atoms with Crippen LogP contribution >= 0.6 is 0 Å². The predicted octanol–water partition coefficient (Wildman–Crippen LogP) is 4.28. The number of hydrogen-bond donors (Lipinski definition) is 1. The molecule has 0 amide bonds. The molecule has 24 heavy (non-hydrogen) atoms. The van der Waals surface area contributed by atoms with Gasteiger partial charge in [-0.2, -0.15) is 0 Å². The maximum absolute atomic E-state index is 11.8. The van der Waals surface area contributed by atoms with E-state index >= 15 is 0 Å². The van der Waals surface area contributed by atoms with Crippen LogP contribution in [0.15, 0.2) is 36.4 Å². The molecule has 0 bridgehead atoms. The molecular formula is C20H25NO3. The van der Waals surface area contributed by atoms with Gasteiger partial charge in [0.15, 0.2) is 0 Å². The molecule has 0 aliphatic rings. The molecule has 0 spiro atoms. The Hall–Kier alpha value is -2.49. The summed E-state index contributed by atoms with van der Waals surface area (Å²) >= 11 is 0. The van der Waals surface area contributed by atoms with Crippen LogP contribution in [-0.2, 0) is 4.74 Å². The fraction of sp³-hybridized carbons (Fsp3) is 0.350. The summed E-state index contributed by atoms with van der Waals surface area (Å²) in [4.78, 5) is 11.8. The topological polar surface area (TPSA) is 47.6 Å². The summed E-state index contributed by atoms with van der Waals surface area (Å²) < 4.78 is 10.7. The van der Waals surface area contributed by atoms with Gasteiger partial charge in [0.1, 0.15) is 5.75 Å². The Morgan fingerprint density at radius 3 is 2.67 bits per heavy atom. The fourth-order valence-corrected chi connectivity index (χ4v) is 2.45. The van der Waals surface area contributed by atoms with Gasteiger partial charge in [0, 0.05) is 12.2 Å². The first-order valence-corrected chi connectivity index (χ1v) is 8.14. The van der Waals surface area contributed by atoms with E-state index in [1.807, 2.05) is 37.3 Å². The van der Waals surface area contributed by atoms with Crippen molar-refractivity contribution in [2.45, 2.75) is 27.2 Å². The highest BCUT2D eigenvalue weighted by molar-refractivity contribution is 5.95. The number of hydrogen-bond acceptors (Lipinski definition) is 4. The van der Waals surface area contributed by atoms with E-state index in [4.69, 9.17) is 9.47 Å². The van der Waals surface area contributed by atoms with Gasteiger partial charge in [-0.15, -0.1) is 0 Å². The van der Waals surface area contributed by atoms with E-state index in [9.17, 15) is 4.79 Å². The van der Waals surface area contributed by atoms with E-state index < -0.39 is 0 Å². The molecule has 2 rings (SSSR count). The summed E-state index contributed by atoms with van der Waals surface area (Å²) in [5.74, 6) is 0.605. The molecule has 4 nitrogen and oxygen atoms in total. The molecule has 0 saturated heterocycles. The Balaban J connectivity index is 1.86. The third kappa shape index (κ3) is 4.51. The van der Waals surface area contributed by atoms with Crippen molar-refractivity contribution in [3.05, 3.63) is 58.7 Å². The van der Waals surface area contributed by atoms with Crippen molar-refractivity contribution in [1.29, 1.82) is 0 Å².